The van der Waals surface area contributed by atoms with Crippen LogP contribution in [0, 0.1) is 0 Å². The highest BCUT2D eigenvalue weighted by atomic mass is 16.1. The minimum atomic E-state index is -0.463. The summed E-state index contributed by atoms with van der Waals surface area (Å²) in [7, 11) is 0. The van der Waals surface area contributed by atoms with Crippen LogP contribution in [0.15, 0.2) is 120 Å². The molecule has 2 nitrogen and oxygen atoms in total. The number of nitrogens with zero attached hydrogens (tertiary/aromatic N) is 1. The molecule has 0 aliphatic carbocycles. The Morgan fingerprint density at radius 1 is 0.556 bits per heavy atom. The van der Waals surface area contributed by atoms with Crippen molar-refractivity contribution in [1.82, 2.24) is 4.57 Å². The van der Waals surface area contributed by atoms with E-state index in [4.69, 9.17) is 0 Å². The van der Waals surface area contributed by atoms with Crippen molar-refractivity contribution >= 4 is 0 Å². The highest BCUT2D eigenvalue weighted by Crippen LogP contribution is 2.40. The highest BCUT2D eigenvalue weighted by molar-refractivity contribution is 5.50. The molecule has 4 aromatic rings. The Hall–Kier alpha value is -3.39. The first-order chi connectivity index (χ1) is 13.3. The smallest absolute Gasteiger partial charge is 0.250 e. The van der Waals surface area contributed by atoms with Crippen LogP contribution in [0.25, 0.3) is 0 Å². The maximum absolute atomic E-state index is 12.6. The number of hydrogen-bond acceptors (Lipinski definition) is 1. The zero-order chi connectivity index (χ0) is 18.5. The Labute approximate surface area is 159 Å². The molecular formula is C25H21NO. The van der Waals surface area contributed by atoms with Crippen LogP contribution in [-0.4, -0.2) is 4.57 Å². The first kappa shape index (κ1) is 17.0. The summed E-state index contributed by atoms with van der Waals surface area (Å²) in [6, 6.07) is 36.6. The molecule has 0 aliphatic heterocycles. The second kappa shape index (κ2) is 7.46. The lowest BCUT2D eigenvalue weighted by Crippen LogP contribution is -2.37. The topological polar surface area (TPSA) is 22.0 Å². The van der Waals surface area contributed by atoms with E-state index in [1.165, 1.54) is 0 Å². The van der Waals surface area contributed by atoms with Gasteiger partial charge in [0.25, 0.3) is 5.56 Å². The van der Waals surface area contributed by atoms with E-state index in [0.717, 1.165) is 16.7 Å². The molecule has 0 saturated heterocycles. The lowest BCUT2D eigenvalue weighted by molar-refractivity contribution is 0.491. The average molecular weight is 351 g/mol. The fourth-order valence-corrected chi connectivity index (χ4v) is 3.79. The number of aromatic nitrogens is 1. The zero-order valence-corrected chi connectivity index (χ0v) is 15.0. The SMILES string of the molecule is O=c1ccccn1CC(c1ccccc1)(c1ccccc1)c1ccccc1. The molecule has 4 rings (SSSR count). The molecular weight excluding hydrogens is 330 g/mol. The van der Waals surface area contributed by atoms with Gasteiger partial charge in [0.2, 0.25) is 0 Å². The number of benzene rings is 3. The lowest BCUT2D eigenvalue weighted by Gasteiger charge is -2.36. The van der Waals surface area contributed by atoms with Crippen molar-refractivity contribution in [2.75, 3.05) is 0 Å². The van der Waals surface area contributed by atoms with Crippen molar-refractivity contribution in [1.29, 1.82) is 0 Å². The first-order valence-corrected chi connectivity index (χ1v) is 9.13. The van der Waals surface area contributed by atoms with Crippen molar-refractivity contribution in [3.8, 4) is 0 Å². The van der Waals surface area contributed by atoms with Crippen molar-refractivity contribution in [3.63, 3.8) is 0 Å². The Balaban J connectivity index is 2.03. The largest absolute Gasteiger partial charge is 0.314 e. The fourth-order valence-electron chi connectivity index (χ4n) is 3.79. The summed E-state index contributed by atoms with van der Waals surface area (Å²) in [5, 5.41) is 0. The first-order valence-electron chi connectivity index (χ1n) is 9.13. The monoisotopic (exact) mass is 351 g/mol. The molecule has 0 bridgehead atoms. The van der Waals surface area contributed by atoms with Gasteiger partial charge in [-0.05, 0) is 22.8 Å². The third kappa shape index (κ3) is 3.22. The quantitative estimate of drug-likeness (QED) is 0.470. The van der Waals surface area contributed by atoms with Gasteiger partial charge in [-0.15, -0.1) is 0 Å². The minimum absolute atomic E-state index is 0.00432. The van der Waals surface area contributed by atoms with Gasteiger partial charge in [0.15, 0.2) is 0 Å². The molecule has 3 aromatic carbocycles. The van der Waals surface area contributed by atoms with Crippen LogP contribution < -0.4 is 5.56 Å². The predicted octanol–water partition coefficient (Wildman–Crippen LogP) is 4.88. The molecule has 1 aromatic heterocycles. The molecule has 0 saturated carbocycles. The van der Waals surface area contributed by atoms with Crippen molar-refractivity contribution < 1.29 is 0 Å². The predicted molar refractivity (Wildman–Crippen MR) is 110 cm³/mol. The Kier molecular flexibility index (Phi) is 4.71. The third-order valence-corrected chi connectivity index (χ3v) is 5.11. The molecule has 0 unspecified atom stereocenters. The summed E-state index contributed by atoms with van der Waals surface area (Å²) in [5.41, 5.74) is 3.04. The van der Waals surface area contributed by atoms with Gasteiger partial charge in [0.1, 0.15) is 0 Å². The molecule has 0 radical (unpaired) electrons. The summed E-state index contributed by atoms with van der Waals surface area (Å²) < 4.78 is 1.80. The normalized spacial score (nSPS) is 11.3. The van der Waals surface area contributed by atoms with E-state index in [9.17, 15) is 4.79 Å². The number of rotatable bonds is 5. The molecule has 0 aliphatic rings. The second-order valence-electron chi connectivity index (χ2n) is 6.67. The van der Waals surface area contributed by atoms with E-state index in [-0.39, 0.29) is 5.56 Å². The molecule has 27 heavy (non-hydrogen) atoms. The maximum Gasteiger partial charge on any atom is 0.250 e. The summed E-state index contributed by atoms with van der Waals surface area (Å²) in [4.78, 5) is 12.6. The fraction of sp³-hybridized carbons (Fsp3) is 0.0800. The Morgan fingerprint density at radius 3 is 1.37 bits per heavy atom. The van der Waals surface area contributed by atoms with Gasteiger partial charge in [0, 0.05) is 18.8 Å². The summed E-state index contributed by atoms with van der Waals surface area (Å²) in [5.74, 6) is 0. The standard InChI is InChI=1S/C25H21NO/c27-24-18-10-11-19-26(24)20-25(21-12-4-1-5-13-21,22-14-6-2-7-15-22)23-16-8-3-9-17-23/h1-19H,20H2. The molecule has 0 fully saturated rings. The van der Waals surface area contributed by atoms with Crippen molar-refractivity contribution in [3.05, 3.63) is 142 Å². The van der Waals surface area contributed by atoms with Crippen LogP contribution in [0.5, 0.6) is 0 Å². The minimum Gasteiger partial charge on any atom is -0.314 e. The van der Waals surface area contributed by atoms with Gasteiger partial charge >= 0.3 is 0 Å². The third-order valence-electron chi connectivity index (χ3n) is 5.11. The van der Waals surface area contributed by atoms with Crippen LogP contribution in [0.4, 0.5) is 0 Å². The number of pyridine rings is 1. The summed E-state index contributed by atoms with van der Waals surface area (Å²) in [6.45, 7) is 0.532. The van der Waals surface area contributed by atoms with E-state index in [1.807, 2.05) is 30.5 Å². The van der Waals surface area contributed by atoms with E-state index in [1.54, 1.807) is 16.7 Å². The van der Waals surface area contributed by atoms with Crippen LogP contribution in [-0.2, 0) is 12.0 Å². The highest BCUT2D eigenvalue weighted by Gasteiger charge is 2.36. The molecule has 0 amide bonds. The lowest BCUT2D eigenvalue weighted by atomic mass is 9.69. The molecule has 1 heterocycles. The molecule has 0 N–H and O–H groups in total. The van der Waals surface area contributed by atoms with Gasteiger partial charge in [-0.1, -0.05) is 97.1 Å². The summed E-state index contributed by atoms with van der Waals surface area (Å²) in [6.07, 6.45) is 1.87. The van der Waals surface area contributed by atoms with E-state index >= 15 is 0 Å². The van der Waals surface area contributed by atoms with Crippen LogP contribution in [0.2, 0.25) is 0 Å². The van der Waals surface area contributed by atoms with Crippen LogP contribution in [0.3, 0.4) is 0 Å². The second-order valence-corrected chi connectivity index (χ2v) is 6.67. The van der Waals surface area contributed by atoms with Gasteiger partial charge < -0.3 is 4.57 Å². The van der Waals surface area contributed by atoms with Gasteiger partial charge in [-0.25, -0.2) is 0 Å². The van der Waals surface area contributed by atoms with Crippen LogP contribution in [0.1, 0.15) is 16.7 Å². The van der Waals surface area contributed by atoms with Crippen molar-refractivity contribution in [2.45, 2.75) is 12.0 Å². The van der Waals surface area contributed by atoms with Gasteiger partial charge in [-0.2, -0.15) is 0 Å². The van der Waals surface area contributed by atoms with E-state index in [2.05, 4.69) is 72.8 Å². The Bertz CT molecular complexity index is 957. The zero-order valence-electron chi connectivity index (χ0n) is 15.0. The molecule has 0 atom stereocenters. The van der Waals surface area contributed by atoms with Crippen LogP contribution >= 0.6 is 0 Å². The van der Waals surface area contributed by atoms with Gasteiger partial charge in [0.05, 0.1) is 5.41 Å². The van der Waals surface area contributed by atoms with E-state index < -0.39 is 5.41 Å². The Morgan fingerprint density at radius 2 is 0.963 bits per heavy atom. The maximum atomic E-state index is 12.6. The molecule has 0 spiro atoms. The molecule has 132 valence electrons. The van der Waals surface area contributed by atoms with Crippen molar-refractivity contribution in [2.24, 2.45) is 0 Å². The summed E-state index contributed by atoms with van der Waals surface area (Å²) >= 11 is 0. The average Bonchev–Trinajstić information content (AvgIpc) is 2.75. The molecule has 2 heteroatoms. The van der Waals surface area contributed by atoms with E-state index in [0.29, 0.717) is 6.54 Å². The van der Waals surface area contributed by atoms with Gasteiger partial charge in [-0.3, -0.25) is 4.79 Å². The number of hydrogen-bond donors (Lipinski definition) is 0.